The van der Waals surface area contributed by atoms with Crippen molar-refractivity contribution >= 4 is 0 Å². The molecule has 108 valence electrons. The van der Waals surface area contributed by atoms with Crippen LogP contribution < -0.4 is 16.6 Å². The first-order chi connectivity index (χ1) is 9.07. The third-order valence-electron chi connectivity index (χ3n) is 3.13. The van der Waals surface area contributed by atoms with E-state index in [0.29, 0.717) is 18.8 Å². The molecule has 1 aromatic rings. The molecule has 0 atom stereocenters. The van der Waals surface area contributed by atoms with Crippen molar-refractivity contribution in [1.82, 2.24) is 14.5 Å². The lowest BCUT2D eigenvalue weighted by molar-refractivity contribution is 0.292. The van der Waals surface area contributed by atoms with Gasteiger partial charge in [0.15, 0.2) is 0 Å². The van der Waals surface area contributed by atoms with Gasteiger partial charge in [-0.1, -0.05) is 6.42 Å². The molecule has 0 saturated carbocycles. The number of aliphatic hydroxyl groups is 1. The molecule has 0 radical (unpaired) electrons. The summed E-state index contributed by atoms with van der Waals surface area (Å²) in [6.07, 6.45) is 2.92. The average molecular weight is 269 g/mol. The third-order valence-corrected chi connectivity index (χ3v) is 3.13. The summed E-state index contributed by atoms with van der Waals surface area (Å²) in [4.78, 5) is 23.3. The number of aliphatic hydroxyl groups excluding tert-OH is 1. The number of unbranched alkanes of at least 4 members (excludes halogenated alkanes) is 2. The van der Waals surface area contributed by atoms with E-state index >= 15 is 0 Å². The van der Waals surface area contributed by atoms with Gasteiger partial charge in [0, 0.05) is 31.9 Å². The molecule has 0 aromatic carbocycles. The number of hydrogen-bond acceptors (Lipinski definition) is 4. The van der Waals surface area contributed by atoms with E-state index in [9.17, 15) is 9.59 Å². The summed E-state index contributed by atoms with van der Waals surface area (Å²) in [7, 11) is 1.50. The van der Waals surface area contributed by atoms with Gasteiger partial charge in [0.1, 0.15) is 0 Å². The van der Waals surface area contributed by atoms with E-state index in [1.807, 2.05) is 0 Å². The Morgan fingerprint density at radius 2 is 1.95 bits per heavy atom. The first kappa shape index (κ1) is 15.7. The van der Waals surface area contributed by atoms with Crippen LogP contribution in [0.1, 0.15) is 25.0 Å². The van der Waals surface area contributed by atoms with Crippen LogP contribution in [0.2, 0.25) is 0 Å². The maximum absolute atomic E-state index is 11.9. The molecule has 0 spiro atoms. The Balaban J connectivity index is 2.44. The van der Waals surface area contributed by atoms with Crippen molar-refractivity contribution in [3.05, 3.63) is 32.6 Å². The molecule has 0 unspecified atom stereocenters. The Kier molecular flexibility index (Phi) is 6.52. The minimum atomic E-state index is -0.257. The van der Waals surface area contributed by atoms with Gasteiger partial charge in [0.25, 0.3) is 5.56 Å². The van der Waals surface area contributed by atoms with Crippen molar-refractivity contribution in [2.75, 3.05) is 19.7 Å². The molecule has 1 heterocycles. The van der Waals surface area contributed by atoms with E-state index in [-0.39, 0.29) is 17.9 Å². The van der Waals surface area contributed by atoms with Crippen LogP contribution in [0, 0.1) is 6.92 Å². The smallest absolute Gasteiger partial charge is 0.330 e. The molecule has 0 amide bonds. The van der Waals surface area contributed by atoms with Crippen molar-refractivity contribution in [3.8, 4) is 0 Å². The van der Waals surface area contributed by atoms with E-state index in [1.165, 1.54) is 13.1 Å². The summed E-state index contributed by atoms with van der Waals surface area (Å²) < 4.78 is 2.78. The van der Waals surface area contributed by atoms with E-state index in [2.05, 4.69) is 5.32 Å². The lowest BCUT2D eigenvalue weighted by Gasteiger charge is -2.10. The van der Waals surface area contributed by atoms with E-state index in [4.69, 9.17) is 5.11 Å². The van der Waals surface area contributed by atoms with E-state index in [0.717, 1.165) is 30.4 Å². The summed E-state index contributed by atoms with van der Waals surface area (Å²) in [5, 5.41) is 11.7. The zero-order chi connectivity index (χ0) is 14.3. The van der Waals surface area contributed by atoms with Crippen LogP contribution in [0.3, 0.4) is 0 Å². The molecule has 19 heavy (non-hydrogen) atoms. The molecule has 0 saturated heterocycles. The predicted octanol–water partition coefficient (Wildman–Crippen LogP) is -0.392. The van der Waals surface area contributed by atoms with Crippen LogP contribution in [-0.2, 0) is 13.6 Å². The standard InChI is InChI=1S/C13H23N3O3/c1-11-10-12(18)15(2)13(19)16(11)8-5-3-4-6-14-7-9-17/h10,14,17H,3-9H2,1-2H3. The topological polar surface area (TPSA) is 76.3 Å². The van der Waals surface area contributed by atoms with Crippen LogP contribution in [0.25, 0.3) is 0 Å². The zero-order valence-corrected chi connectivity index (χ0v) is 11.7. The maximum Gasteiger partial charge on any atom is 0.330 e. The number of nitrogens with zero attached hydrogens (tertiary/aromatic N) is 2. The molecule has 6 nitrogen and oxygen atoms in total. The van der Waals surface area contributed by atoms with Crippen LogP contribution in [0.15, 0.2) is 15.7 Å². The number of aromatic nitrogens is 2. The highest BCUT2D eigenvalue weighted by Crippen LogP contribution is 1.99. The van der Waals surface area contributed by atoms with Gasteiger partial charge in [-0.15, -0.1) is 0 Å². The van der Waals surface area contributed by atoms with Crippen molar-refractivity contribution in [2.24, 2.45) is 7.05 Å². The Morgan fingerprint density at radius 1 is 1.21 bits per heavy atom. The molecule has 2 N–H and O–H groups in total. The van der Waals surface area contributed by atoms with Gasteiger partial charge in [-0.2, -0.15) is 0 Å². The summed E-state index contributed by atoms with van der Waals surface area (Å²) in [6.45, 7) is 4.08. The Hall–Kier alpha value is -1.40. The summed E-state index contributed by atoms with van der Waals surface area (Å²) >= 11 is 0. The monoisotopic (exact) mass is 269 g/mol. The fourth-order valence-electron chi connectivity index (χ4n) is 1.95. The first-order valence-electron chi connectivity index (χ1n) is 6.67. The van der Waals surface area contributed by atoms with Crippen molar-refractivity contribution in [3.63, 3.8) is 0 Å². The van der Waals surface area contributed by atoms with Crippen molar-refractivity contribution < 1.29 is 5.11 Å². The van der Waals surface area contributed by atoms with Gasteiger partial charge in [0.2, 0.25) is 0 Å². The average Bonchev–Trinajstić information content (AvgIpc) is 2.38. The molecular formula is C13H23N3O3. The quantitative estimate of drug-likeness (QED) is 0.630. The SMILES string of the molecule is Cc1cc(=O)n(C)c(=O)n1CCCCCNCCO. The molecule has 0 aliphatic carbocycles. The Bertz CT molecular complexity index is 505. The van der Waals surface area contributed by atoms with Gasteiger partial charge in [-0.25, -0.2) is 4.79 Å². The summed E-state index contributed by atoms with van der Waals surface area (Å²) in [6, 6.07) is 1.49. The fourth-order valence-corrected chi connectivity index (χ4v) is 1.95. The van der Waals surface area contributed by atoms with E-state index in [1.54, 1.807) is 11.5 Å². The van der Waals surface area contributed by atoms with E-state index < -0.39 is 0 Å². The highest BCUT2D eigenvalue weighted by atomic mass is 16.3. The maximum atomic E-state index is 11.9. The second-order valence-electron chi connectivity index (χ2n) is 4.65. The molecule has 1 aromatic heterocycles. The number of nitrogens with one attached hydrogen (secondary N) is 1. The Labute approximate surface area is 112 Å². The molecular weight excluding hydrogens is 246 g/mol. The highest BCUT2D eigenvalue weighted by molar-refractivity contribution is 4.99. The number of aryl methyl sites for hydroxylation is 1. The first-order valence-corrected chi connectivity index (χ1v) is 6.67. The largest absolute Gasteiger partial charge is 0.395 e. The van der Waals surface area contributed by atoms with Crippen molar-refractivity contribution in [1.29, 1.82) is 0 Å². The van der Waals surface area contributed by atoms with Crippen LogP contribution in [-0.4, -0.2) is 33.9 Å². The van der Waals surface area contributed by atoms with Crippen LogP contribution >= 0.6 is 0 Å². The lowest BCUT2D eigenvalue weighted by Crippen LogP contribution is -2.38. The minimum Gasteiger partial charge on any atom is -0.395 e. The zero-order valence-electron chi connectivity index (χ0n) is 11.7. The summed E-state index contributed by atoms with van der Waals surface area (Å²) in [5.74, 6) is 0. The normalized spacial score (nSPS) is 10.9. The molecule has 0 fully saturated rings. The van der Waals surface area contributed by atoms with Crippen molar-refractivity contribution in [2.45, 2.75) is 32.7 Å². The number of hydrogen-bond donors (Lipinski definition) is 2. The van der Waals surface area contributed by atoms with Gasteiger partial charge in [-0.3, -0.25) is 13.9 Å². The molecule has 0 bridgehead atoms. The highest BCUT2D eigenvalue weighted by Gasteiger charge is 2.05. The molecule has 6 heteroatoms. The number of rotatable bonds is 8. The second-order valence-corrected chi connectivity index (χ2v) is 4.65. The molecule has 0 aliphatic heterocycles. The van der Waals surface area contributed by atoms with Gasteiger partial charge < -0.3 is 10.4 Å². The summed E-state index contributed by atoms with van der Waals surface area (Å²) in [5.41, 5.74) is 0.210. The predicted molar refractivity (Wildman–Crippen MR) is 74.5 cm³/mol. The minimum absolute atomic E-state index is 0.159. The second kappa shape index (κ2) is 7.91. The van der Waals surface area contributed by atoms with Gasteiger partial charge >= 0.3 is 5.69 Å². The van der Waals surface area contributed by atoms with Gasteiger partial charge in [-0.05, 0) is 26.3 Å². The molecule has 1 rings (SSSR count). The molecule has 0 aliphatic rings. The third kappa shape index (κ3) is 4.65. The fraction of sp³-hybridized carbons (Fsp3) is 0.692. The van der Waals surface area contributed by atoms with Gasteiger partial charge in [0.05, 0.1) is 6.61 Å². The van der Waals surface area contributed by atoms with Crippen LogP contribution in [0.5, 0.6) is 0 Å². The lowest BCUT2D eigenvalue weighted by atomic mass is 10.2. The Morgan fingerprint density at radius 3 is 2.63 bits per heavy atom. The van der Waals surface area contributed by atoms with Crippen LogP contribution in [0.4, 0.5) is 0 Å².